The van der Waals surface area contributed by atoms with Crippen molar-refractivity contribution >= 4 is 45.8 Å². The van der Waals surface area contributed by atoms with Gasteiger partial charge in [-0.3, -0.25) is 5.32 Å². The van der Waals surface area contributed by atoms with Gasteiger partial charge in [-0.15, -0.1) is 11.3 Å². The van der Waals surface area contributed by atoms with E-state index in [4.69, 9.17) is 27.9 Å². The molecule has 1 aliphatic rings. The third kappa shape index (κ3) is 4.62. The minimum atomic E-state index is -0.501. The lowest BCUT2D eigenvalue weighted by Crippen LogP contribution is -2.19. The van der Waals surface area contributed by atoms with E-state index in [1.807, 2.05) is 6.07 Å². The van der Waals surface area contributed by atoms with Gasteiger partial charge in [0.05, 0.1) is 10.0 Å². The molecule has 128 valence electrons. The Balaban J connectivity index is 1.73. The van der Waals surface area contributed by atoms with E-state index < -0.39 is 6.09 Å². The van der Waals surface area contributed by atoms with Crippen LogP contribution in [0.5, 0.6) is 0 Å². The molecule has 7 heteroatoms. The van der Waals surface area contributed by atoms with Crippen LogP contribution in [0.2, 0.25) is 10.0 Å². The summed E-state index contributed by atoms with van der Waals surface area (Å²) in [5, 5.41) is 5.94. The fourth-order valence-electron chi connectivity index (χ4n) is 3.04. The summed E-state index contributed by atoms with van der Waals surface area (Å²) >= 11 is 13.5. The molecule has 0 bridgehead atoms. The van der Waals surface area contributed by atoms with E-state index in [0.29, 0.717) is 21.1 Å². The Morgan fingerprint density at radius 2 is 2.12 bits per heavy atom. The monoisotopic (exact) mass is 384 g/mol. The van der Waals surface area contributed by atoms with Crippen molar-refractivity contribution in [2.45, 2.75) is 38.2 Å². The fraction of sp³-hybridized carbons (Fsp3) is 0.412. The second-order valence-corrected chi connectivity index (χ2v) is 7.62. The number of hydrogen-bond donors (Lipinski definition) is 1. The van der Waals surface area contributed by atoms with Gasteiger partial charge in [-0.05, 0) is 30.0 Å². The number of anilines is 1. The summed E-state index contributed by atoms with van der Waals surface area (Å²) < 4.78 is 5.68. The van der Waals surface area contributed by atoms with Gasteiger partial charge in [-0.2, -0.15) is 0 Å². The lowest BCUT2D eigenvalue weighted by molar-refractivity contribution is 0.0943. The van der Waals surface area contributed by atoms with Crippen LogP contribution in [-0.2, 0) is 4.74 Å². The Hall–Kier alpha value is -1.30. The Morgan fingerprint density at radius 3 is 2.79 bits per heavy atom. The SMILES string of the molecule is O=C(Nc1nccs1)OC(CC1CCCC1)c1ccc(Cl)c(Cl)c1. The van der Waals surface area contributed by atoms with Crippen molar-refractivity contribution in [2.24, 2.45) is 5.92 Å². The molecule has 1 unspecified atom stereocenters. The average molecular weight is 385 g/mol. The van der Waals surface area contributed by atoms with Gasteiger partial charge >= 0.3 is 6.09 Å². The molecule has 0 spiro atoms. The van der Waals surface area contributed by atoms with E-state index in [0.717, 1.165) is 12.0 Å². The third-order valence-electron chi connectivity index (χ3n) is 4.23. The zero-order valence-electron chi connectivity index (χ0n) is 13.0. The molecule has 1 N–H and O–H groups in total. The number of halogens is 2. The van der Waals surface area contributed by atoms with E-state index in [-0.39, 0.29) is 6.10 Å². The molecular weight excluding hydrogens is 367 g/mol. The predicted octanol–water partition coefficient (Wildman–Crippen LogP) is 6.32. The first-order valence-corrected chi connectivity index (χ1v) is 9.57. The standard InChI is InChI=1S/C17H18Cl2N2O2S/c18-13-6-5-12(10-14(13)19)15(9-11-3-1-2-4-11)23-17(22)21-16-20-7-8-24-16/h5-8,10-11,15H,1-4,9H2,(H,20,21,22). The Morgan fingerprint density at radius 1 is 1.33 bits per heavy atom. The van der Waals surface area contributed by atoms with Crippen molar-refractivity contribution in [1.82, 2.24) is 4.98 Å². The number of carbonyl (C=O) groups is 1. The molecule has 1 heterocycles. The molecule has 1 aliphatic carbocycles. The first kappa shape index (κ1) is 17.5. The Bertz CT molecular complexity index is 688. The molecule has 1 atom stereocenters. The van der Waals surface area contributed by atoms with Gasteiger partial charge in [-0.1, -0.05) is 55.0 Å². The molecule has 1 fully saturated rings. The Labute approximate surface area is 155 Å². The van der Waals surface area contributed by atoms with Crippen LogP contribution in [0.25, 0.3) is 0 Å². The number of ether oxygens (including phenoxy) is 1. The number of carbonyl (C=O) groups excluding carboxylic acids is 1. The summed E-state index contributed by atoms with van der Waals surface area (Å²) in [6, 6.07) is 5.38. The molecule has 1 aromatic carbocycles. The van der Waals surface area contributed by atoms with Crippen LogP contribution in [0, 0.1) is 5.92 Å². The maximum Gasteiger partial charge on any atom is 0.414 e. The highest BCUT2D eigenvalue weighted by atomic mass is 35.5. The van der Waals surface area contributed by atoms with Crippen LogP contribution in [-0.4, -0.2) is 11.1 Å². The quantitative estimate of drug-likeness (QED) is 0.655. The number of nitrogens with one attached hydrogen (secondary N) is 1. The summed E-state index contributed by atoms with van der Waals surface area (Å²) in [6.07, 6.45) is 6.42. The summed E-state index contributed by atoms with van der Waals surface area (Å²) in [4.78, 5) is 16.2. The second kappa shape index (κ2) is 8.19. The zero-order valence-corrected chi connectivity index (χ0v) is 15.3. The topological polar surface area (TPSA) is 51.2 Å². The van der Waals surface area contributed by atoms with Crippen LogP contribution in [0.4, 0.5) is 9.93 Å². The van der Waals surface area contributed by atoms with E-state index in [2.05, 4.69) is 10.3 Å². The fourth-order valence-corrected chi connectivity index (χ4v) is 3.87. The molecule has 0 aliphatic heterocycles. The first-order chi connectivity index (χ1) is 11.6. The highest BCUT2D eigenvalue weighted by Crippen LogP contribution is 2.36. The number of thiazole rings is 1. The highest BCUT2D eigenvalue weighted by molar-refractivity contribution is 7.13. The number of hydrogen-bond acceptors (Lipinski definition) is 4. The molecule has 1 amide bonds. The van der Waals surface area contributed by atoms with Crippen molar-refractivity contribution in [3.8, 4) is 0 Å². The molecule has 1 saturated carbocycles. The summed E-state index contributed by atoms with van der Waals surface area (Å²) in [5.74, 6) is 0.567. The van der Waals surface area contributed by atoms with Crippen molar-refractivity contribution in [1.29, 1.82) is 0 Å². The highest BCUT2D eigenvalue weighted by Gasteiger charge is 2.25. The van der Waals surface area contributed by atoms with E-state index in [1.54, 1.807) is 23.7 Å². The molecule has 0 saturated heterocycles. The summed E-state index contributed by atoms with van der Waals surface area (Å²) in [5.41, 5.74) is 0.866. The minimum Gasteiger partial charge on any atom is -0.441 e. The van der Waals surface area contributed by atoms with Crippen LogP contribution in [0.15, 0.2) is 29.8 Å². The van der Waals surface area contributed by atoms with Crippen LogP contribution in [0.1, 0.15) is 43.8 Å². The lowest BCUT2D eigenvalue weighted by atomic mass is 9.95. The van der Waals surface area contributed by atoms with Gasteiger partial charge in [0.2, 0.25) is 0 Å². The molecular formula is C17H18Cl2N2O2S. The van der Waals surface area contributed by atoms with Crippen molar-refractivity contribution in [3.63, 3.8) is 0 Å². The van der Waals surface area contributed by atoms with Gasteiger partial charge < -0.3 is 4.74 Å². The number of nitrogens with zero attached hydrogens (tertiary/aromatic N) is 1. The zero-order chi connectivity index (χ0) is 16.9. The van der Waals surface area contributed by atoms with Crippen LogP contribution < -0.4 is 5.32 Å². The van der Waals surface area contributed by atoms with Gasteiger partial charge in [0.25, 0.3) is 0 Å². The van der Waals surface area contributed by atoms with Gasteiger partial charge in [0, 0.05) is 11.6 Å². The van der Waals surface area contributed by atoms with E-state index >= 15 is 0 Å². The Kier molecular flexibility index (Phi) is 5.98. The number of amides is 1. The summed E-state index contributed by atoms with van der Waals surface area (Å²) in [6.45, 7) is 0. The maximum atomic E-state index is 12.2. The average Bonchev–Trinajstić information content (AvgIpc) is 3.23. The van der Waals surface area contributed by atoms with Crippen molar-refractivity contribution < 1.29 is 9.53 Å². The molecule has 0 radical (unpaired) electrons. The van der Waals surface area contributed by atoms with Crippen LogP contribution >= 0.6 is 34.5 Å². The summed E-state index contributed by atoms with van der Waals surface area (Å²) in [7, 11) is 0. The van der Waals surface area contributed by atoms with Gasteiger partial charge in [0.1, 0.15) is 6.10 Å². The molecule has 4 nitrogen and oxygen atoms in total. The largest absolute Gasteiger partial charge is 0.441 e. The molecule has 3 rings (SSSR count). The maximum absolute atomic E-state index is 12.2. The number of rotatable bonds is 5. The second-order valence-electron chi connectivity index (χ2n) is 5.92. The normalized spacial score (nSPS) is 16.1. The number of aromatic nitrogens is 1. The van der Waals surface area contributed by atoms with Crippen LogP contribution in [0.3, 0.4) is 0 Å². The lowest BCUT2D eigenvalue weighted by Gasteiger charge is -2.22. The predicted molar refractivity (Wildman–Crippen MR) is 98.0 cm³/mol. The molecule has 24 heavy (non-hydrogen) atoms. The first-order valence-electron chi connectivity index (χ1n) is 7.94. The minimum absolute atomic E-state index is 0.345. The molecule has 2 aromatic rings. The number of benzene rings is 1. The van der Waals surface area contributed by atoms with Gasteiger partial charge in [0.15, 0.2) is 5.13 Å². The van der Waals surface area contributed by atoms with E-state index in [9.17, 15) is 4.79 Å². The van der Waals surface area contributed by atoms with E-state index in [1.165, 1.54) is 37.0 Å². The smallest absolute Gasteiger partial charge is 0.414 e. The van der Waals surface area contributed by atoms with Crippen molar-refractivity contribution in [3.05, 3.63) is 45.4 Å². The van der Waals surface area contributed by atoms with Crippen molar-refractivity contribution in [2.75, 3.05) is 5.32 Å². The van der Waals surface area contributed by atoms with Gasteiger partial charge in [-0.25, -0.2) is 9.78 Å². The third-order valence-corrected chi connectivity index (χ3v) is 5.66. The molecule has 1 aromatic heterocycles.